The first-order chi connectivity index (χ1) is 10.6. The predicted molar refractivity (Wildman–Crippen MR) is 84.4 cm³/mol. The molecule has 6 nitrogen and oxygen atoms in total. The molecule has 2 amide bonds. The Bertz CT molecular complexity index is 632. The maximum atomic E-state index is 12.1. The van der Waals surface area contributed by atoms with Crippen molar-refractivity contribution in [3.05, 3.63) is 48.3 Å². The number of ether oxygens (including phenoxy) is 2. The van der Waals surface area contributed by atoms with Gasteiger partial charge in [0, 0.05) is 18.5 Å². The number of rotatable bonds is 5. The van der Waals surface area contributed by atoms with Crippen molar-refractivity contribution in [1.29, 1.82) is 0 Å². The number of benzene rings is 1. The van der Waals surface area contributed by atoms with Crippen LogP contribution >= 0.6 is 0 Å². The van der Waals surface area contributed by atoms with Crippen molar-refractivity contribution >= 4 is 11.7 Å². The van der Waals surface area contributed by atoms with Crippen molar-refractivity contribution in [1.82, 2.24) is 10.3 Å². The van der Waals surface area contributed by atoms with Crippen molar-refractivity contribution in [2.45, 2.75) is 13.0 Å². The van der Waals surface area contributed by atoms with Crippen LogP contribution in [0, 0.1) is 0 Å². The number of anilines is 1. The van der Waals surface area contributed by atoms with Gasteiger partial charge in [-0.2, -0.15) is 0 Å². The maximum Gasteiger partial charge on any atom is 0.319 e. The SMILES string of the molecule is COc1ccc(NC(=O)N[C@H](C)c2ccncc2)c(OC)c1. The molecular formula is C16H19N3O3. The van der Waals surface area contributed by atoms with Crippen LogP contribution in [-0.4, -0.2) is 25.2 Å². The highest BCUT2D eigenvalue weighted by atomic mass is 16.5. The van der Waals surface area contributed by atoms with Gasteiger partial charge in [-0.05, 0) is 36.8 Å². The molecule has 0 aliphatic rings. The van der Waals surface area contributed by atoms with Crippen molar-refractivity contribution in [3.8, 4) is 11.5 Å². The molecule has 0 unspecified atom stereocenters. The Morgan fingerprint density at radius 1 is 1.14 bits per heavy atom. The molecule has 0 aliphatic heterocycles. The average molecular weight is 301 g/mol. The van der Waals surface area contributed by atoms with E-state index in [1.807, 2.05) is 19.1 Å². The lowest BCUT2D eigenvalue weighted by atomic mass is 10.1. The number of pyridine rings is 1. The summed E-state index contributed by atoms with van der Waals surface area (Å²) >= 11 is 0. The van der Waals surface area contributed by atoms with Crippen LogP contribution in [0.4, 0.5) is 10.5 Å². The first-order valence-electron chi connectivity index (χ1n) is 6.83. The number of methoxy groups -OCH3 is 2. The van der Waals surface area contributed by atoms with Crippen LogP contribution in [0.1, 0.15) is 18.5 Å². The number of hydrogen-bond acceptors (Lipinski definition) is 4. The molecule has 0 saturated carbocycles. The molecule has 0 spiro atoms. The minimum absolute atomic E-state index is 0.132. The zero-order valence-electron chi connectivity index (χ0n) is 12.8. The van der Waals surface area contributed by atoms with Gasteiger partial charge in [0.15, 0.2) is 0 Å². The summed E-state index contributed by atoms with van der Waals surface area (Å²) < 4.78 is 10.4. The summed E-state index contributed by atoms with van der Waals surface area (Å²) in [6.07, 6.45) is 3.38. The van der Waals surface area contributed by atoms with E-state index >= 15 is 0 Å². The summed E-state index contributed by atoms with van der Waals surface area (Å²) in [5.41, 5.74) is 1.55. The van der Waals surface area contributed by atoms with Crippen molar-refractivity contribution in [2.24, 2.45) is 0 Å². The number of aromatic nitrogens is 1. The standard InChI is InChI=1S/C16H19N3O3/c1-11(12-6-8-17-9-7-12)18-16(20)19-14-5-4-13(21-2)10-15(14)22-3/h4-11H,1-3H3,(H2,18,19,20)/t11-/m1/s1. The van der Waals surface area contributed by atoms with Crippen LogP contribution in [0.2, 0.25) is 0 Å². The van der Waals surface area contributed by atoms with Gasteiger partial charge in [-0.25, -0.2) is 4.79 Å². The highest BCUT2D eigenvalue weighted by Crippen LogP contribution is 2.29. The molecule has 0 saturated heterocycles. The minimum atomic E-state index is -0.312. The third-order valence-electron chi connectivity index (χ3n) is 3.21. The Hall–Kier alpha value is -2.76. The Morgan fingerprint density at radius 3 is 2.50 bits per heavy atom. The van der Waals surface area contributed by atoms with Gasteiger partial charge in [-0.3, -0.25) is 4.98 Å². The zero-order chi connectivity index (χ0) is 15.9. The largest absolute Gasteiger partial charge is 0.497 e. The molecule has 1 aromatic carbocycles. The van der Waals surface area contributed by atoms with Gasteiger partial charge in [-0.15, -0.1) is 0 Å². The summed E-state index contributed by atoms with van der Waals surface area (Å²) in [5.74, 6) is 1.19. The van der Waals surface area contributed by atoms with Crippen LogP contribution in [-0.2, 0) is 0 Å². The molecule has 1 atom stereocenters. The smallest absolute Gasteiger partial charge is 0.319 e. The van der Waals surface area contributed by atoms with Crippen LogP contribution in [0.3, 0.4) is 0 Å². The summed E-state index contributed by atoms with van der Waals surface area (Å²) in [5, 5.41) is 5.63. The van der Waals surface area contributed by atoms with E-state index in [4.69, 9.17) is 9.47 Å². The van der Waals surface area contributed by atoms with E-state index in [-0.39, 0.29) is 12.1 Å². The van der Waals surface area contributed by atoms with Gasteiger partial charge in [0.05, 0.1) is 25.9 Å². The van der Waals surface area contributed by atoms with Crippen molar-refractivity contribution in [3.63, 3.8) is 0 Å². The third kappa shape index (κ3) is 3.88. The summed E-state index contributed by atoms with van der Waals surface area (Å²) in [7, 11) is 3.11. The topological polar surface area (TPSA) is 72.5 Å². The Labute approximate surface area is 129 Å². The first kappa shape index (κ1) is 15.6. The molecule has 0 bridgehead atoms. The number of hydrogen-bond donors (Lipinski definition) is 2. The van der Waals surface area contributed by atoms with E-state index in [1.165, 1.54) is 7.11 Å². The van der Waals surface area contributed by atoms with E-state index in [9.17, 15) is 4.79 Å². The zero-order valence-corrected chi connectivity index (χ0v) is 12.8. The van der Waals surface area contributed by atoms with Crippen molar-refractivity contribution in [2.75, 3.05) is 19.5 Å². The normalized spacial score (nSPS) is 11.4. The first-order valence-corrected chi connectivity index (χ1v) is 6.83. The van der Waals surface area contributed by atoms with Crippen LogP contribution in [0.5, 0.6) is 11.5 Å². The van der Waals surface area contributed by atoms with E-state index in [0.717, 1.165) is 5.56 Å². The second kappa shape index (κ2) is 7.31. The fourth-order valence-electron chi connectivity index (χ4n) is 1.99. The molecule has 0 fully saturated rings. The molecular weight excluding hydrogens is 282 g/mol. The summed E-state index contributed by atoms with van der Waals surface area (Å²) in [6.45, 7) is 1.90. The molecule has 6 heteroatoms. The highest BCUT2D eigenvalue weighted by molar-refractivity contribution is 5.91. The number of amides is 2. The molecule has 2 rings (SSSR count). The number of carbonyl (C=O) groups excluding carboxylic acids is 1. The van der Waals surface area contributed by atoms with Gasteiger partial charge in [-0.1, -0.05) is 0 Å². The Kier molecular flexibility index (Phi) is 5.19. The molecule has 22 heavy (non-hydrogen) atoms. The summed E-state index contributed by atoms with van der Waals surface area (Å²) in [6, 6.07) is 8.47. The van der Waals surface area contributed by atoms with Gasteiger partial charge < -0.3 is 20.1 Å². The number of urea groups is 1. The van der Waals surface area contributed by atoms with E-state index in [1.54, 1.807) is 37.7 Å². The Balaban J connectivity index is 2.03. The quantitative estimate of drug-likeness (QED) is 0.890. The molecule has 1 heterocycles. The van der Waals surface area contributed by atoms with Crippen molar-refractivity contribution < 1.29 is 14.3 Å². The molecule has 116 valence electrons. The minimum Gasteiger partial charge on any atom is -0.497 e. The van der Waals surface area contributed by atoms with Crippen LogP contribution in [0.25, 0.3) is 0 Å². The van der Waals surface area contributed by atoms with Gasteiger partial charge in [0.2, 0.25) is 0 Å². The van der Waals surface area contributed by atoms with E-state index in [2.05, 4.69) is 15.6 Å². The molecule has 2 aromatic rings. The second-order valence-electron chi connectivity index (χ2n) is 4.67. The van der Waals surface area contributed by atoms with Crippen LogP contribution in [0.15, 0.2) is 42.7 Å². The fourth-order valence-corrected chi connectivity index (χ4v) is 1.99. The number of nitrogens with one attached hydrogen (secondary N) is 2. The molecule has 1 aromatic heterocycles. The van der Waals surface area contributed by atoms with Gasteiger partial charge in [0.25, 0.3) is 0 Å². The lowest BCUT2D eigenvalue weighted by molar-refractivity contribution is 0.249. The second-order valence-corrected chi connectivity index (χ2v) is 4.67. The van der Waals surface area contributed by atoms with E-state index < -0.39 is 0 Å². The summed E-state index contributed by atoms with van der Waals surface area (Å²) in [4.78, 5) is 16.1. The number of carbonyl (C=O) groups is 1. The molecule has 2 N–H and O–H groups in total. The predicted octanol–water partition coefficient (Wildman–Crippen LogP) is 2.98. The third-order valence-corrected chi connectivity index (χ3v) is 3.21. The maximum absolute atomic E-state index is 12.1. The Morgan fingerprint density at radius 2 is 1.86 bits per heavy atom. The van der Waals surface area contributed by atoms with Gasteiger partial charge >= 0.3 is 6.03 Å². The average Bonchev–Trinajstić information content (AvgIpc) is 2.55. The van der Waals surface area contributed by atoms with Crippen LogP contribution < -0.4 is 20.1 Å². The fraction of sp³-hybridized carbons (Fsp3) is 0.250. The van der Waals surface area contributed by atoms with E-state index in [0.29, 0.717) is 17.2 Å². The number of nitrogens with zero attached hydrogens (tertiary/aromatic N) is 1. The molecule has 0 radical (unpaired) electrons. The monoisotopic (exact) mass is 301 g/mol. The molecule has 0 aliphatic carbocycles. The lowest BCUT2D eigenvalue weighted by Gasteiger charge is -2.16. The lowest BCUT2D eigenvalue weighted by Crippen LogP contribution is -2.31. The van der Waals surface area contributed by atoms with Gasteiger partial charge in [0.1, 0.15) is 11.5 Å². The highest BCUT2D eigenvalue weighted by Gasteiger charge is 2.12.